The number of hydrogen-bond donors (Lipinski definition) is 2. The van der Waals surface area contributed by atoms with Crippen molar-refractivity contribution < 1.29 is 8.42 Å². The van der Waals surface area contributed by atoms with Crippen molar-refractivity contribution in [1.82, 2.24) is 19.2 Å². The maximum absolute atomic E-state index is 11.7. The van der Waals surface area contributed by atoms with E-state index >= 15 is 0 Å². The first kappa shape index (κ1) is 16.2. The van der Waals surface area contributed by atoms with E-state index < -0.39 is 10.0 Å². The van der Waals surface area contributed by atoms with Crippen molar-refractivity contribution in [1.29, 1.82) is 0 Å². The molecule has 0 amide bonds. The highest BCUT2D eigenvalue weighted by Crippen LogP contribution is 2.43. The predicted molar refractivity (Wildman–Crippen MR) is 91.6 cm³/mol. The zero-order chi connectivity index (χ0) is 16.6. The van der Waals surface area contributed by atoms with Gasteiger partial charge in [-0.15, -0.1) is 0 Å². The molecule has 1 aliphatic carbocycles. The Kier molecular flexibility index (Phi) is 4.28. The van der Waals surface area contributed by atoms with E-state index in [1.54, 1.807) is 6.20 Å². The highest BCUT2D eigenvalue weighted by atomic mass is 79.9. The molecule has 2 N–H and O–H groups in total. The molecule has 2 aromatic rings. The SMILES string of the molecule is CCNc1nc(Nc2cn(S(C)(=O)=O)nc2C2CC2)ncc1Br. The molecule has 1 saturated carbocycles. The van der Waals surface area contributed by atoms with Crippen molar-refractivity contribution in [2.24, 2.45) is 0 Å². The van der Waals surface area contributed by atoms with Crippen molar-refractivity contribution >= 4 is 43.4 Å². The number of halogens is 1. The van der Waals surface area contributed by atoms with E-state index in [-0.39, 0.29) is 0 Å². The van der Waals surface area contributed by atoms with Crippen LogP contribution in [0.4, 0.5) is 17.5 Å². The monoisotopic (exact) mass is 400 g/mol. The molecular weight excluding hydrogens is 384 g/mol. The number of nitrogens with one attached hydrogen (secondary N) is 2. The van der Waals surface area contributed by atoms with Gasteiger partial charge >= 0.3 is 0 Å². The molecule has 1 aliphatic rings. The van der Waals surface area contributed by atoms with Crippen LogP contribution in [0.2, 0.25) is 0 Å². The Labute approximate surface area is 142 Å². The molecular formula is C13H17BrN6O2S. The molecule has 3 rings (SSSR count). The predicted octanol–water partition coefficient (Wildman–Crippen LogP) is 2.30. The van der Waals surface area contributed by atoms with E-state index in [4.69, 9.17) is 0 Å². The van der Waals surface area contributed by atoms with Crippen molar-refractivity contribution in [2.45, 2.75) is 25.7 Å². The summed E-state index contributed by atoms with van der Waals surface area (Å²) in [6.07, 6.45) is 6.27. The third-order valence-electron chi connectivity index (χ3n) is 3.36. The maximum atomic E-state index is 11.7. The first-order chi connectivity index (χ1) is 10.9. The van der Waals surface area contributed by atoms with Crippen molar-refractivity contribution in [3.8, 4) is 0 Å². The van der Waals surface area contributed by atoms with Crippen LogP contribution in [0.5, 0.6) is 0 Å². The van der Waals surface area contributed by atoms with Gasteiger partial charge < -0.3 is 10.6 Å². The summed E-state index contributed by atoms with van der Waals surface area (Å²) in [7, 11) is -3.42. The number of rotatable bonds is 6. The molecule has 0 saturated heterocycles. The van der Waals surface area contributed by atoms with E-state index in [1.807, 2.05) is 6.92 Å². The molecule has 0 radical (unpaired) electrons. The van der Waals surface area contributed by atoms with Crippen LogP contribution >= 0.6 is 15.9 Å². The molecule has 10 heteroatoms. The van der Waals surface area contributed by atoms with Crippen LogP contribution in [0.15, 0.2) is 16.9 Å². The molecule has 2 aromatic heterocycles. The molecule has 0 aromatic carbocycles. The minimum absolute atomic E-state index is 0.296. The molecule has 8 nitrogen and oxygen atoms in total. The van der Waals surface area contributed by atoms with Crippen molar-refractivity contribution in [3.63, 3.8) is 0 Å². The topological polar surface area (TPSA) is 102 Å². The van der Waals surface area contributed by atoms with Gasteiger partial charge in [0.05, 0.1) is 28.3 Å². The molecule has 124 valence electrons. The van der Waals surface area contributed by atoms with Crippen LogP contribution in [-0.2, 0) is 10.0 Å². The third kappa shape index (κ3) is 3.63. The number of hydrogen-bond acceptors (Lipinski definition) is 7. The molecule has 0 atom stereocenters. The van der Waals surface area contributed by atoms with Crippen LogP contribution in [0.25, 0.3) is 0 Å². The fourth-order valence-corrected chi connectivity index (χ4v) is 2.99. The standard InChI is InChI=1S/C13H17BrN6O2S/c1-3-15-12-9(14)6-16-13(18-12)17-10-7-20(23(2,21)22)19-11(10)8-4-5-8/h6-8H,3-5H2,1-2H3,(H2,15,16,17,18). The van der Waals surface area contributed by atoms with Crippen LogP contribution in [0.1, 0.15) is 31.4 Å². The van der Waals surface area contributed by atoms with E-state index in [0.29, 0.717) is 23.4 Å². The van der Waals surface area contributed by atoms with Gasteiger partial charge in [0.15, 0.2) is 0 Å². The Hall–Kier alpha value is -1.68. The summed E-state index contributed by atoms with van der Waals surface area (Å²) in [6, 6.07) is 0. The zero-order valence-electron chi connectivity index (χ0n) is 12.7. The molecule has 2 heterocycles. The fourth-order valence-electron chi connectivity index (χ4n) is 2.13. The second kappa shape index (κ2) is 6.08. The first-order valence-corrected chi connectivity index (χ1v) is 9.86. The largest absolute Gasteiger partial charge is 0.369 e. The first-order valence-electron chi connectivity index (χ1n) is 7.22. The Morgan fingerprint density at radius 1 is 1.43 bits per heavy atom. The normalized spacial score (nSPS) is 14.7. The number of anilines is 3. The average Bonchev–Trinajstić information content (AvgIpc) is 3.23. The van der Waals surface area contributed by atoms with Gasteiger partial charge in [0, 0.05) is 18.7 Å². The van der Waals surface area contributed by atoms with Gasteiger partial charge in [-0.1, -0.05) is 0 Å². The molecule has 0 unspecified atom stereocenters. The van der Waals surface area contributed by atoms with Gasteiger partial charge in [0.1, 0.15) is 5.82 Å². The highest BCUT2D eigenvalue weighted by Gasteiger charge is 2.30. The second-order valence-corrected chi connectivity index (χ2v) is 8.08. The van der Waals surface area contributed by atoms with E-state index in [0.717, 1.165) is 39.9 Å². The molecule has 1 fully saturated rings. The minimum atomic E-state index is -3.42. The summed E-state index contributed by atoms with van der Waals surface area (Å²) in [6.45, 7) is 2.71. The zero-order valence-corrected chi connectivity index (χ0v) is 15.1. The smallest absolute Gasteiger partial charge is 0.250 e. The van der Waals surface area contributed by atoms with Gasteiger partial charge in [-0.25, -0.2) is 13.4 Å². The number of nitrogens with zero attached hydrogens (tertiary/aromatic N) is 4. The van der Waals surface area contributed by atoms with E-state index in [1.165, 1.54) is 6.20 Å². The highest BCUT2D eigenvalue weighted by molar-refractivity contribution is 9.10. The molecule has 23 heavy (non-hydrogen) atoms. The number of aromatic nitrogens is 4. The van der Waals surface area contributed by atoms with Crippen LogP contribution < -0.4 is 10.6 Å². The van der Waals surface area contributed by atoms with E-state index in [2.05, 4.69) is 41.6 Å². The summed E-state index contributed by atoms with van der Waals surface area (Å²) < 4.78 is 25.2. The van der Waals surface area contributed by atoms with Gasteiger partial charge in [0.25, 0.3) is 10.0 Å². The summed E-state index contributed by atoms with van der Waals surface area (Å²) in [4.78, 5) is 8.60. The Balaban J connectivity index is 1.93. The Morgan fingerprint density at radius 2 is 2.17 bits per heavy atom. The summed E-state index contributed by atoms with van der Waals surface area (Å²) in [5, 5.41) is 10.4. The lowest BCUT2D eigenvalue weighted by Gasteiger charge is -2.08. The Morgan fingerprint density at radius 3 is 2.78 bits per heavy atom. The van der Waals surface area contributed by atoms with Crippen LogP contribution in [-0.4, -0.2) is 40.4 Å². The van der Waals surface area contributed by atoms with Gasteiger partial charge in [-0.05, 0) is 35.7 Å². The molecule has 0 aliphatic heterocycles. The Bertz CT molecular complexity index is 831. The quantitative estimate of drug-likeness (QED) is 0.766. The van der Waals surface area contributed by atoms with Crippen LogP contribution in [0.3, 0.4) is 0 Å². The maximum Gasteiger partial charge on any atom is 0.250 e. The third-order valence-corrected chi connectivity index (χ3v) is 4.81. The van der Waals surface area contributed by atoms with Gasteiger partial charge in [-0.2, -0.15) is 14.2 Å². The lowest BCUT2D eigenvalue weighted by atomic mass is 10.2. The average molecular weight is 401 g/mol. The summed E-state index contributed by atoms with van der Waals surface area (Å²) in [5.74, 6) is 1.36. The van der Waals surface area contributed by atoms with Crippen molar-refractivity contribution in [2.75, 3.05) is 23.4 Å². The fraction of sp³-hybridized carbons (Fsp3) is 0.462. The minimum Gasteiger partial charge on any atom is -0.369 e. The van der Waals surface area contributed by atoms with Gasteiger partial charge in [0.2, 0.25) is 5.95 Å². The lowest BCUT2D eigenvalue weighted by Crippen LogP contribution is -2.10. The van der Waals surface area contributed by atoms with Crippen LogP contribution in [0, 0.1) is 0 Å². The van der Waals surface area contributed by atoms with Crippen molar-refractivity contribution in [3.05, 3.63) is 22.6 Å². The summed E-state index contributed by atoms with van der Waals surface area (Å²) in [5.41, 5.74) is 1.37. The molecule has 0 bridgehead atoms. The second-order valence-electron chi connectivity index (χ2n) is 5.38. The molecule has 0 spiro atoms. The lowest BCUT2D eigenvalue weighted by molar-refractivity contribution is 0.585. The van der Waals surface area contributed by atoms with Gasteiger partial charge in [-0.3, -0.25) is 0 Å². The summed E-state index contributed by atoms with van der Waals surface area (Å²) >= 11 is 3.38. The van der Waals surface area contributed by atoms with E-state index in [9.17, 15) is 8.42 Å².